The monoisotopic (exact) mass is 336 g/mol. The lowest BCUT2D eigenvalue weighted by Crippen LogP contribution is -2.48. The van der Waals surface area contributed by atoms with Gasteiger partial charge in [0.05, 0.1) is 5.56 Å². The highest BCUT2D eigenvalue weighted by atomic mass is 32.2. The van der Waals surface area contributed by atoms with Crippen LogP contribution in [0.1, 0.15) is 30.6 Å². The van der Waals surface area contributed by atoms with Crippen LogP contribution >= 0.6 is 0 Å². The van der Waals surface area contributed by atoms with Gasteiger partial charge in [-0.05, 0) is 30.4 Å². The second kappa shape index (κ2) is 5.63. The minimum absolute atomic E-state index is 0.0156. The summed E-state index contributed by atoms with van der Waals surface area (Å²) in [5.74, 6) is -0.170. The molecule has 0 aromatic heterocycles. The highest BCUT2D eigenvalue weighted by Crippen LogP contribution is 2.30. The van der Waals surface area contributed by atoms with Crippen molar-refractivity contribution in [1.82, 2.24) is 9.21 Å². The molecule has 3 rings (SSSR count). The van der Waals surface area contributed by atoms with E-state index in [1.54, 1.807) is 17.0 Å². The molecule has 2 amide bonds. The summed E-state index contributed by atoms with van der Waals surface area (Å²) in [6.45, 7) is 4.94. The highest BCUT2D eigenvalue weighted by Gasteiger charge is 2.42. The molecule has 7 heteroatoms. The predicted molar refractivity (Wildman–Crippen MR) is 84.2 cm³/mol. The van der Waals surface area contributed by atoms with Crippen LogP contribution < -0.4 is 0 Å². The lowest BCUT2D eigenvalue weighted by atomic mass is 9.92. The zero-order valence-corrected chi connectivity index (χ0v) is 14.0. The molecule has 0 saturated carbocycles. The number of piperidine rings is 1. The Morgan fingerprint density at radius 1 is 1.17 bits per heavy atom. The first-order valence-corrected chi connectivity index (χ1v) is 9.18. The minimum atomic E-state index is -3.92. The lowest BCUT2D eigenvalue weighted by molar-refractivity contribution is -0.133. The molecular formula is C16H20N2O4S. The van der Waals surface area contributed by atoms with Crippen LogP contribution in [0.25, 0.3) is 0 Å². The molecule has 1 aromatic carbocycles. The summed E-state index contributed by atoms with van der Waals surface area (Å²) in [5.41, 5.74) is 0.140. The van der Waals surface area contributed by atoms with E-state index in [9.17, 15) is 18.0 Å². The number of sulfonamides is 1. The molecule has 0 radical (unpaired) electrons. The maximum absolute atomic E-state index is 12.5. The van der Waals surface area contributed by atoms with Crippen LogP contribution in [0.4, 0.5) is 0 Å². The van der Waals surface area contributed by atoms with Gasteiger partial charge in [-0.3, -0.25) is 9.59 Å². The van der Waals surface area contributed by atoms with E-state index in [1.165, 1.54) is 12.1 Å². The first kappa shape index (κ1) is 16.0. The van der Waals surface area contributed by atoms with E-state index in [-0.39, 0.29) is 16.4 Å². The van der Waals surface area contributed by atoms with E-state index < -0.39 is 22.5 Å². The molecule has 0 spiro atoms. The van der Waals surface area contributed by atoms with Crippen LogP contribution in [-0.2, 0) is 14.8 Å². The number of amides is 2. The van der Waals surface area contributed by atoms with Gasteiger partial charge < -0.3 is 4.90 Å². The van der Waals surface area contributed by atoms with Gasteiger partial charge >= 0.3 is 0 Å². The van der Waals surface area contributed by atoms with Gasteiger partial charge in [0.1, 0.15) is 11.4 Å². The van der Waals surface area contributed by atoms with Crippen LogP contribution in [0, 0.1) is 11.8 Å². The van der Waals surface area contributed by atoms with E-state index in [0.29, 0.717) is 29.2 Å². The molecule has 2 aliphatic rings. The Morgan fingerprint density at radius 3 is 2.39 bits per heavy atom. The van der Waals surface area contributed by atoms with Crippen molar-refractivity contribution in [3.63, 3.8) is 0 Å². The minimum Gasteiger partial charge on any atom is -0.341 e. The fourth-order valence-electron chi connectivity index (χ4n) is 3.48. The third-order valence-corrected chi connectivity index (χ3v) is 6.20. The smallest absolute Gasteiger partial charge is 0.269 e. The van der Waals surface area contributed by atoms with E-state index in [2.05, 4.69) is 13.8 Å². The number of carbonyl (C=O) groups excluding carboxylic acids is 2. The maximum Gasteiger partial charge on any atom is 0.269 e. The summed E-state index contributed by atoms with van der Waals surface area (Å²) in [6, 6.07) is 6.07. The van der Waals surface area contributed by atoms with Gasteiger partial charge in [-0.25, -0.2) is 12.7 Å². The SMILES string of the molecule is C[C@@H]1C[C@@H](C)CN(C(=O)CN2C(=O)c3ccccc3S2(=O)=O)C1. The number of nitrogens with zero attached hydrogens (tertiary/aromatic N) is 2. The van der Waals surface area contributed by atoms with Crippen LogP contribution in [0.15, 0.2) is 29.2 Å². The van der Waals surface area contributed by atoms with Crippen LogP contribution in [-0.4, -0.2) is 49.1 Å². The summed E-state index contributed by atoms with van der Waals surface area (Å²) in [4.78, 5) is 26.5. The first-order chi connectivity index (χ1) is 10.8. The van der Waals surface area contributed by atoms with Crippen molar-refractivity contribution in [3.05, 3.63) is 29.8 Å². The van der Waals surface area contributed by atoms with Crippen LogP contribution in [0.3, 0.4) is 0 Å². The molecule has 0 N–H and O–H groups in total. The molecule has 2 atom stereocenters. The van der Waals surface area contributed by atoms with Crippen molar-refractivity contribution in [2.24, 2.45) is 11.8 Å². The number of hydrogen-bond acceptors (Lipinski definition) is 4. The van der Waals surface area contributed by atoms with Crippen molar-refractivity contribution in [2.75, 3.05) is 19.6 Å². The number of hydrogen-bond donors (Lipinski definition) is 0. The average molecular weight is 336 g/mol. The lowest BCUT2D eigenvalue weighted by Gasteiger charge is -2.35. The summed E-state index contributed by atoms with van der Waals surface area (Å²) in [6.07, 6.45) is 1.05. The van der Waals surface area contributed by atoms with Gasteiger partial charge in [0.25, 0.3) is 15.9 Å². The Hall–Kier alpha value is -1.89. The summed E-state index contributed by atoms with van der Waals surface area (Å²) < 4.78 is 25.7. The van der Waals surface area contributed by atoms with Gasteiger partial charge in [-0.2, -0.15) is 0 Å². The highest BCUT2D eigenvalue weighted by molar-refractivity contribution is 7.90. The molecule has 2 heterocycles. The average Bonchev–Trinajstić information content (AvgIpc) is 2.68. The van der Waals surface area contributed by atoms with E-state index in [1.807, 2.05) is 0 Å². The zero-order valence-electron chi connectivity index (χ0n) is 13.2. The topological polar surface area (TPSA) is 74.8 Å². The molecule has 0 unspecified atom stereocenters. The third kappa shape index (κ3) is 2.73. The first-order valence-electron chi connectivity index (χ1n) is 7.74. The summed E-state index contributed by atoms with van der Waals surface area (Å²) in [5, 5.41) is 0. The molecule has 0 aliphatic carbocycles. The molecule has 6 nitrogen and oxygen atoms in total. The molecule has 1 aromatic rings. The number of carbonyl (C=O) groups is 2. The third-order valence-electron chi connectivity index (χ3n) is 4.41. The Morgan fingerprint density at radius 2 is 1.78 bits per heavy atom. The van der Waals surface area contributed by atoms with Gasteiger partial charge in [0.15, 0.2) is 0 Å². The standard InChI is InChI=1S/C16H20N2O4S/c1-11-7-12(2)9-17(8-11)15(19)10-18-16(20)13-5-3-4-6-14(13)23(18,21)22/h3-6,11-12H,7-10H2,1-2H3/t11-,12-/m1/s1. The Kier molecular flexibility index (Phi) is 3.91. The largest absolute Gasteiger partial charge is 0.341 e. The molecular weight excluding hydrogens is 316 g/mol. The number of fused-ring (bicyclic) bond motifs is 1. The van der Waals surface area contributed by atoms with Crippen molar-refractivity contribution in [2.45, 2.75) is 25.2 Å². The van der Waals surface area contributed by atoms with Crippen molar-refractivity contribution < 1.29 is 18.0 Å². The normalized spacial score (nSPS) is 26.3. The maximum atomic E-state index is 12.5. The predicted octanol–water partition coefficient (Wildman–Crippen LogP) is 1.34. The molecule has 1 saturated heterocycles. The summed E-state index contributed by atoms with van der Waals surface area (Å²) in [7, 11) is -3.92. The van der Waals surface area contributed by atoms with Crippen LogP contribution in [0.2, 0.25) is 0 Å². The number of rotatable bonds is 2. The number of likely N-dealkylation sites (tertiary alicyclic amines) is 1. The fourth-order valence-corrected chi connectivity index (χ4v) is 4.99. The second-order valence-corrected chi connectivity index (χ2v) is 8.39. The molecule has 23 heavy (non-hydrogen) atoms. The van der Waals surface area contributed by atoms with Gasteiger partial charge in [-0.15, -0.1) is 0 Å². The van der Waals surface area contributed by atoms with Crippen molar-refractivity contribution in [3.8, 4) is 0 Å². The second-order valence-electron chi connectivity index (χ2n) is 6.56. The molecule has 2 aliphatic heterocycles. The van der Waals surface area contributed by atoms with Gasteiger partial charge in [0, 0.05) is 13.1 Å². The fraction of sp³-hybridized carbons (Fsp3) is 0.500. The quantitative estimate of drug-likeness (QED) is 0.817. The van der Waals surface area contributed by atoms with Crippen molar-refractivity contribution >= 4 is 21.8 Å². The van der Waals surface area contributed by atoms with E-state index in [4.69, 9.17) is 0 Å². The Labute approximate surface area is 136 Å². The number of benzene rings is 1. The van der Waals surface area contributed by atoms with Crippen molar-refractivity contribution in [1.29, 1.82) is 0 Å². The van der Waals surface area contributed by atoms with Gasteiger partial charge in [-0.1, -0.05) is 26.0 Å². The Balaban J connectivity index is 1.81. The van der Waals surface area contributed by atoms with Gasteiger partial charge in [0.2, 0.25) is 5.91 Å². The molecule has 1 fully saturated rings. The van der Waals surface area contributed by atoms with Crippen LogP contribution in [0.5, 0.6) is 0 Å². The molecule has 124 valence electrons. The Bertz CT molecular complexity index is 749. The van der Waals surface area contributed by atoms with E-state index >= 15 is 0 Å². The van der Waals surface area contributed by atoms with E-state index in [0.717, 1.165) is 6.42 Å². The zero-order chi connectivity index (χ0) is 16.8. The molecule has 0 bridgehead atoms. The summed E-state index contributed by atoms with van der Waals surface area (Å²) >= 11 is 0.